The summed E-state index contributed by atoms with van der Waals surface area (Å²) in [7, 11) is 6.55. The van der Waals surface area contributed by atoms with E-state index in [0.29, 0.717) is 42.2 Å². The Hall–Kier alpha value is -2.90. The molecule has 0 aliphatic carbocycles. The minimum absolute atomic E-state index is 0.0658. The number of hydrogen-bond donors (Lipinski definition) is 2. The van der Waals surface area contributed by atoms with Crippen molar-refractivity contribution in [1.29, 1.82) is 0 Å². The monoisotopic (exact) mass is 404 g/mol. The van der Waals surface area contributed by atoms with Crippen LogP contribution in [0.5, 0.6) is 17.2 Å². The average molecular weight is 405 g/mol. The predicted octanol–water partition coefficient (Wildman–Crippen LogP) is 2.91. The van der Waals surface area contributed by atoms with E-state index in [-0.39, 0.29) is 5.41 Å². The molecule has 0 saturated carbocycles. The Bertz CT molecular complexity index is 825. The molecule has 0 saturated heterocycles. The van der Waals surface area contributed by atoms with Gasteiger partial charge in [-0.25, -0.2) is 4.98 Å². The summed E-state index contributed by atoms with van der Waals surface area (Å²) in [5.74, 6) is 4.05. The van der Waals surface area contributed by atoms with Crippen molar-refractivity contribution in [3.8, 4) is 17.2 Å². The molecule has 0 aliphatic rings. The van der Waals surface area contributed by atoms with Crippen LogP contribution in [0, 0.1) is 0 Å². The van der Waals surface area contributed by atoms with E-state index in [2.05, 4.69) is 41.4 Å². The van der Waals surface area contributed by atoms with Crippen molar-refractivity contribution < 1.29 is 18.6 Å². The van der Waals surface area contributed by atoms with E-state index < -0.39 is 0 Å². The quantitative estimate of drug-likeness (QED) is 0.516. The number of oxazole rings is 1. The molecule has 0 unspecified atom stereocenters. The van der Waals surface area contributed by atoms with Crippen LogP contribution in [-0.2, 0) is 18.4 Å². The Morgan fingerprint density at radius 3 is 2.34 bits per heavy atom. The molecule has 1 heterocycles. The number of nitrogens with zero attached hydrogens (tertiary/aromatic N) is 2. The Labute approximate surface area is 172 Å². The van der Waals surface area contributed by atoms with Gasteiger partial charge in [0.25, 0.3) is 0 Å². The van der Waals surface area contributed by atoms with Gasteiger partial charge < -0.3 is 29.3 Å². The van der Waals surface area contributed by atoms with Crippen molar-refractivity contribution in [2.24, 2.45) is 4.99 Å². The summed E-state index contributed by atoms with van der Waals surface area (Å²) in [5.41, 5.74) is 0.944. The van der Waals surface area contributed by atoms with Crippen molar-refractivity contribution in [3.05, 3.63) is 35.5 Å². The standard InChI is InChI=1S/C21H32N4O4/c1-21(2,3)16-12-24-17(29-16)13-25-20(22-4)23-11-10-14-8-9-15(26-5)19(28-7)18(14)27-6/h8-9,12H,10-11,13H2,1-7H3,(H2,22,23,25). The molecule has 2 aromatic rings. The van der Waals surface area contributed by atoms with Crippen LogP contribution in [0.2, 0.25) is 0 Å². The fourth-order valence-corrected chi connectivity index (χ4v) is 2.79. The first-order valence-electron chi connectivity index (χ1n) is 9.51. The van der Waals surface area contributed by atoms with Gasteiger partial charge in [-0.3, -0.25) is 4.99 Å². The van der Waals surface area contributed by atoms with Crippen LogP contribution in [0.1, 0.15) is 38.0 Å². The molecule has 0 fully saturated rings. The zero-order valence-corrected chi connectivity index (χ0v) is 18.4. The molecule has 0 bridgehead atoms. The Balaban J connectivity index is 1.93. The van der Waals surface area contributed by atoms with Crippen molar-refractivity contribution >= 4 is 5.96 Å². The molecule has 0 aliphatic heterocycles. The van der Waals surface area contributed by atoms with Crippen molar-refractivity contribution in [2.45, 2.75) is 39.2 Å². The maximum Gasteiger partial charge on any atom is 0.213 e. The van der Waals surface area contributed by atoms with Crippen LogP contribution in [0.3, 0.4) is 0 Å². The van der Waals surface area contributed by atoms with Gasteiger partial charge >= 0.3 is 0 Å². The van der Waals surface area contributed by atoms with Crippen LogP contribution in [0.4, 0.5) is 0 Å². The number of aromatic nitrogens is 1. The van der Waals surface area contributed by atoms with Crippen molar-refractivity contribution in [3.63, 3.8) is 0 Å². The molecule has 8 heteroatoms. The highest BCUT2D eigenvalue weighted by molar-refractivity contribution is 5.79. The second kappa shape index (κ2) is 10.0. The smallest absolute Gasteiger partial charge is 0.213 e. The highest BCUT2D eigenvalue weighted by Crippen LogP contribution is 2.39. The number of hydrogen-bond acceptors (Lipinski definition) is 6. The number of aliphatic imine (C=N–C) groups is 1. The predicted molar refractivity (Wildman–Crippen MR) is 113 cm³/mol. The normalized spacial score (nSPS) is 11.9. The van der Waals surface area contributed by atoms with Gasteiger partial charge in [0.1, 0.15) is 5.76 Å². The molecule has 2 rings (SSSR count). The van der Waals surface area contributed by atoms with Gasteiger partial charge in [0, 0.05) is 24.6 Å². The zero-order chi connectivity index (χ0) is 21.4. The summed E-state index contributed by atoms with van der Waals surface area (Å²) in [5, 5.41) is 6.50. The molecular weight excluding hydrogens is 372 g/mol. The highest BCUT2D eigenvalue weighted by Gasteiger charge is 2.19. The molecule has 0 radical (unpaired) electrons. The van der Waals surface area contributed by atoms with E-state index in [0.717, 1.165) is 17.7 Å². The fourth-order valence-electron chi connectivity index (χ4n) is 2.79. The summed E-state index contributed by atoms with van der Waals surface area (Å²) in [6, 6.07) is 3.85. The van der Waals surface area contributed by atoms with Crippen molar-refractivity contribution in [2.75, 3.05) is 34.9 Å². The van der Waals surface area contributed by atoms with Gasteiger partial charge in [0.05, 0.1) is 34.1 Å². The number of benzene rings is 1. The van der Waals surface area contributed by atoms with Gasteiger partial charge in [-0.1, -0.05) is 26.8 Å². The molecule has 8 nitrogen and oxygen atoms in total. The van der Waals surface area contributed by atoms with Crippen LogP contribution in [0.15, 0.2) is 27.7 Å². The van der Waals surface area contributed by atoms with E-state index in [1.54, 1.807) is 34.6 Å². The lowest BCUT2D eigenvalue weighted by Crippen LogP contribution is -2.38. The first kappa shape index (κ1) is 22.4. The lowest BCUT2D eigenvalue weighted by molar-refractivity contribution is 0.322. The SMILES string of the molecule is CN=C(NCCc1ccc(OC)c(OC)c1OC)NCc1ncc(C(C)(C)C)o1. The molecule has 1 aromatic carbocycles. The number of rotatable bonds is 8. The first-order valence-corrected chi connectivity index (χ1v) is 9.51. The molecule has 29 heavy (non-hydrogen) atoms. The lowest BCUT2D eigenvalue weighted by Gasteiger charge is -2.16. The van der Waals surface area contributed by atoms with E-state index >= 15 is 0 Å². The Morgan fingerprint density at radius 1 is 1.07 bits per heavy atom. The third-order valence-corrected chi connectivity index (χ3v) is 4.40. The summed E-state index contributed by atoms with van der Waals surface area (Å²) < 4.78 is 22.1. The topological polar surface area (TPSA) is 90.1 Å². The number of ether oxygens (including phenoxy) is 3. The number of nitrogens with one attached hydrogen (secondary N) is 2. The minimum Gasteiger partial charge on any atom is -0.493 e. The van der Waals surface area contributed by atoms with E-state index in [1.807, 2.05) is 12.1 Å². The maximum atomic E-state index is 5.80. The van der Waals surface area contributed by atoms with Crippen LogP contribution in [0.25, 0.3) is 0 Å². The van der Waals surface area contributed by atoms with Crippen LogP contribution < -0.4 is 24.8 Å². The van der Waals surface area contributed by atoms with E-state index in [4.69, 9.17) is 18.6 Å². The maximum absolute atomic E-state index is 5.80. The summed E-state index contributed by atoms with van der Waals surface area (Å²) in [6.07, 6.45) is 2.49. The van der Waals surface area contributed by atoms with Gasteiger partial charge in [-0.15, -0.1) is 0 Å². The molecule has 0 spiro atoms. The summed E-state index contributed by atoms with van der Waals surface area (Å²) in [6.45, 7) is 7.38. The molecule has 1 aromatic heterocycles. The minimum atomic E-state index is -0.0658. The molecular formula is C21H32N4O4. The van der Waals surface area contributed by atoms with Crippen molar-refractivity contribution in [1.82, 2.24) is 15.6 Å². The molecule has 160 valence electrons. The molecule has 2 N–H and O–H groups in total. The first-order chi connectivity index (χ1) is 13.8. The third kappa shape index (κ3) is 5.79. The van der Waals surface area contributed by atoms with Gasteiger partial charge in [-0.05, 0) is 12.5 Å². The molecule has 0 amide bonds. The third-order valence-electron chi connectivity index (χ3n) is 4.40. The second-order valence-corrected chi connectivity index (χ2v) is 7.46. The van der Waals surface area contributed by atoms with Crippen LogP contribution in [-0.4, -0.2) is 45.9 Å². The highest BCUT2D eigenvalue weighted by atomic mass is 16.5. The second-order valence-electron chi connectivity index (χ2n) is 7.46. The van der Waals surface area contributed by atoms with Gasteiger partial charge in [0.15, 0.2) is 17.5 Å². The molecule has 0 atom stereocenters. The van der Waals surface area contributed by atoms with E-state index in [9.17, 15) is 0 Å². The van der Waals surface area contributed by atoms with Gasteiger partial charge in [-0.2, -0.15) is 0 Å². The van der Waals surface area contributed by atoms with E-state index in [1.165, 1.54) is 0 Å². The van der Waals surface area contributed by atoms with Gasteiger partial charge in [0.2, 0.25) is 11.6 Å². The summed E-state index contributed by atoms with van der Waals surface area (Å²) in [4.78, 5) is 8.56. The zero-order valence-electron chi connectivity index (χ0n) is 18.4. The lowest BCUT2D eigenvalue weighted by atomic mass is 9.94. The number of guanidine groups is 1. The average Bonchev–Trinajstić information content (AvgIpc) is 3.19. The summed E-state index contributed by atoms with van der Waals surface area (Å²) >= 11 is 0. The Morgan fingerprint density at radius 2 is 1.79 bits per heavy atom. The number of methoxy groups -OCH3 is 3. The largest absolute Gasteiger partial charge is 0.493 e. The van der Waals surface area contributed by atoms with Crippen LogP contribution >= 0.6 is 0 Å². The fraction of sp³-hybridized carbons (Fsp3) is 0.524. The Kier molecular flexibility index (Phi) is 7.75.